The van der Waals surface area contributed by atoms with E-state index in [0.29, 0.717) is 0 Å². The molecule has 0 aliphatic carbocycles. The van der Waals surface area contributed by atoms with E-state index in [0.717, 1.165) is 4.68 Å². The number of aliphatic carboxylic acids is 1. The van der Waals surface area contributed by atoms with Crippen LogP contribution in [0.3, 0.4) is 0 Å². The van der Waals surface area contributed by atoms with Gasteiger partial charge in [-0.15, -0.1) is 0 Å². The number of benzene rings is 1. The Morgan fingerprint density at radius 2 is 2.05 bits per heavy atom. The van der Waals surface area contributed by atoms with Gasteiger partial charge in [-0.3, -0.25) is 14.3 Å². The molecule has 0 spiro atoms. The number of phenolic OH excluding ortho intramolecular Hbond substituents is 2. The van der Waals surface area contributed by atoms with E-state index in [9.17, 15) is 19.8 Å². The first kappa shape index (κ1) is 13.4. The van der Waals surface area contributed by atoms with Crippen LogP contribution in [0.15, 0.2) is 30.6 Å². The molecule has 0 atom stereocenters. The lowest BCUT2D eigenvalue weighted by Crippen LogP contribution is -2.12. The summed E-state index contributed by atoms with van der Waals surface area (Å²) >= 11 is 0. The van der Waals surface area contributed by atoms with Gasteiger partial charge in [0.15, 0.2) is 11.5 Å². The molecule has 0 saturated heterocycles. The Hall–Kier alpha value is -3.03. The van der Waals surface area contributed by atoms with Crippen LogP contribution in [0.25, 0.3) is 0 Å². The summed E-state index contributed by atoms with van der Waals surface area (Å²) in [6.07, 6.45) is 2.62. The molecular formula is C12H11N3O5. The van der Waals surface area contributed by atoms with E-state index < -0.39 is 23.4 Å². The Bertz CT molecular complexity index is 665. The lowest BCUT2D eigenvalue weighted by Gasteiger charge is -2.05. The zero-order valence-corrected chi connectivity index (χ0v) is 10.1. The number of nitrogens with one attached hydrogen (secondary N) is 1. The predicted octanol–water partition coefficient (Wildman–Crippen LogP) is 0.631. The molecule has 0 bridgehead atoms. The lowest BCUT2D eigenvalue weighted by molar-refractivity contribution is -0.137. The van der Waals surface area contributed by atoms with Crippen molar-refractivity contribution in [2.75, 3.05) is 5.32 Å². The molecule has 1 heterocycles. The summed E-state index contributed by atoms with van der Waals surface area (Å²) < 4.78 is 1.14. The molecule has 8 nitrogen and oxygen atoms in total. The predicted molar refractivity (Wildman–Crippen MR) is 67.6 cm³/mol. The first-order chi connectivity index (χ1) is 9.47. The fourth-order valence-corrected chi connectivity index (χ4v) is 1.57. The molecule has 2 rings (SSSR count). The standard InChI is InChI=1S/C12H11N3O5/c16-9-3-1-2-8(11(9)19)12(20)14-7-4-13-15(5-7)6-10(17)18/h1-5,16,19H,6H2,(H,14,20)(H,17,18). The van der Waals surface area contributed by atoms with Gasteiger partial charge in [-0.1, -0.05) is 6.07 Å². The van der Waals surface area contributed by atoms with Crippen molar-refractivity contribution in [1.82, 2.24) is 9.78 Å². The maximum absolute atomic E-state index is 11.9. The molecule has 8 heteroatoms. The zero-order valence-electron chi connectivity index (χ0n) is 10.1. The number of nitrogens with zero attached hydrogens (tertiary/aromatic N) is 2. The lowest BCUT2D eigenvalue weighted by atomic mass is 10.1. The largest absolute Gasteiger partial charge is 0.504 e. The second-order valence-corrected chi connectivity index (χ2v) is 3.95. The van der Waals surface area contributed by atoms with E-state index >= 15 is 0 Å². The smallest absolute Gasteiger partial charge is 0.325 e. The number of rotatable bonds is 4. The highest BCUT2D eigenvalue weighted by Crippen LogP contribution is 2.28. The Kier molecular flexibility index (Phi) is 3.56. The number of anilines is 1. The third-order valence-electron chi connectivity index (χ3n) is 2.45. The van der Waals surface area contributed by atoms with Gasteiger partial charge in [0.2, 0.25) is 0 Å². The molecule has 0 radical (unpaired) electrons. The summed E-state index contributed by atoms with van der Waals surface area (Å²) in [4.78, 5) is 22.4. The van der Waals surface area contributed by atoms with E-state index in [-0.39, 0.29) is 17.8 Å². The summed E-state index contributed by atoms with van der Waals surface area (Å²) in [6, 6.07) is 4.00. The summed E-state index contributed by atoms with van der Waals surface area (Å²) in [7, 11) is 0. The van der Waals surface area contributed by atoms with Crippen LogP contribution in [-0.2, 0) is 11.3 Å². The van der Waals surface area contributed by atoms with Gasteiger partial charge < -0.3 is 20.6 Å². The second kappa shape index (κ2) is 5.31. The van der Waals surface area contributed by atoms with Crippen molar-refractivity contribution in [2.45, 2.75) is 6.54 Å². The first-order valence-electron chi connectivity index (χ1n) is 5.54. The molecule has 4 N–H and O–H groups in total. The van der Waals surface area contributed by atoms with Crippen molar-refractivity contribution in [3.05, 3.63) is 36.2 Å². The van der Waals surface area contributed by atoms with Crippen LogP contribution in [0.2, 0.25) is 0 Å². The first-order valence-corrected chi connectivity index (χ1v) is 5.54. The number of hydrogen-bond acceptors (Lipinski definition) is 5. The Balaban J connectivity index is 2.13. The molecule has 1 aromatic heterocycles. The highest BCUT2D eigenvalue weighted by molar-refractivity contribution is 6.06. The Morgan fingerprint density at radius 3 is 2.75 bits per heavy atom. The highest BCUT2D eigenvalue weighted by Gasteiger charge is 2.14. The number of phenols is 2. The zero-order chi connectivity index (χ0) is 14.7. The number of carbonyl (C=O) groups excluding carboxylic acids is 1. The Morgan fingerprint density at radius 1 is 1.30 bits per heavy atom. The van der Waals surface area contributed by atoms with Crippen LogP contribution in [0.5, 0.6) is 11.5 Å². The number of aromatic nitrogens is 2. The van der Waals surface area contributed by atoms with Crippen molar-refractivity contribution in [1.29, 1.82) is 0 Å². The molecule has 0 fully saturated rings. The molecule has 2 aromatic rings. The van der Waals surface area contributed by atoms with E-state index in [1.165, 1.54) is 30.6 Å². The van der Waals surface area contributed by atoms with Gasteiger partial charge in [0.1, 0.15) is 6.54 Å². The topological polar surface area (TPSA) is 125 Å². The van der Waals surface area contributed by atoms with Crippen LogP contribution >= 0.6 is 0 Å². The fraction of sp³-hybridized carbons (Fsp3) is 0.0833. The van der Waals surface area contributed by atoms with Crippen LogP contribution in [0.4, 0.5) is 5.69 Å². The maximum Gasteiger partial charge on any atom is 0.325 e. The van der Waals surface area contributed by atoms with Gasteiger partial charge in [0.05, 0.1) is 17.4 Å². The normalized spacial score (nSPS) is 10.2. The van der Waals surface area contributed by atoms with Gasteiger partial charge in [0, 0.05) is 6.20 Å². The fourth-order valence-electron chi connectivity index (χ4n) is 1.57. The minimum atomic E-state index is -1.06. The van der Waals surface area contributed by atoms with Gasteiger partial charge in [-0.25, -0.2) is 0 Å². The average molecular weight is 277 g/mol. The number of aromatic hydroxyl groups is 2. The van der Waals surface area contributed by atoms with Crippen LogP contribution < -0.4 is 5.32 Å². The Labute approximate surface area is 112 Å². The van der Waals surface area contributed by atoms with E-state index in [1.807, 2.05) is 0 Å². The van der Waals surface area contributed by atoms with Gasteiger partial charge in [0.25, 0.3) is 5.91 Å². The number of hydrogen-bond donors (Lipinski definition) is 4. The summed E-state index contributed by atoms with van der Waals surface area (Å²) in [5, 5.41) is 33.6. The van der Waals surface area contributed by atoms with Gasteiger partial charge >= 0.3 is 5.97 Å². The molecular weight excluding hydrogens is 266 g/mol. The van der Waals surface area contributed by atoms with Crippen LogP contribution in [0.1, 0.15) is 10.4 Å². The number of amides is 1. The van der Waals surface area contributed by atoms with Gasteiger partial charge in [-0.2, -0.15) is 5.10 Å². The summed E-state index contributed by atoms with van der Waals surface area (Å²) in [5.74, 6) is -2.63. The quantitative estimate of drug-likeness (QED) is 0.607. The molecule has 0 unspecified atom stereocenters. The third-order valence-corrected chi connectivity index (χ3v) is 2.45. The number of carboxylic acids is 1. The number of para-hydroxylation sites is 1. The monoisotopic (exact) mass is 277 g/mol. The molecule has 1 aromatic carbocycles. The number of carboxylic acid groups (broad SMARTS) is 1. The molecule has 0 aliphatic heterocycles. The molecule has 1 amide bonds. The van der Waals surface area contributed by atoms with E-state index in [2.05, 4.69) is 10.4 Å². The number of carbonyl (C=O) groups is 2. The molecule has 0 saturated carbocycles. The van der Waals surface area contributed by atoms with Crippen molar-refractivity contribution >= 4 is 17.6 Å². The second-order valence-electron chi connectivity index (χ2n) is 3.95. The van der Waals surface area contributed by atoms with Crippen molar-refractivity contribution < 1.29 is 24.9 Å². The van der Waals surface area contributed by atoms with Crippen molar-refractivity contribution in [3.8, 4) is 11.5 Å². The highest BCUT2D eigenvalue weighted by atomic mass is 16.4. The minimum absolute atomic E-state index is 0.101. The molecule has 104 valence electrons. The third kappa shape index (κ3) is 2.86. The van der Waals surface area contributed by atoms with Crippen LogP contribution in [-0.4, -0.2) is 37.0 Å². The summed E-state index contributed by atoms with van der Waals surface area (Å²) in [6.45, 7) is -0.326. The van der Waals surface area contributed by atoms with E-state index in [4.69, 9.17) is 5.11 Å². The van der Waals surface area contributed by atoms with Crippen molar-refractivity contribution in [2.24, 2.45) is 0 Å². The van der Waals surface area contributed by atoms with Crippen LogP contribution in [0, 0.1) is 0 Å². The average Bonchev–Trinajstić information content (AvgIpc) is 2.79. The summed E-state index contributed by atoms with van der Waals surface area (Å²) in [5.41, 5.74) is 0.176. The molecule has 0 aliphatic rings. The molecule has 20 heavy (non-hydrogen) atoms. The SMILES string of the molecule is O=C(O)Cn1cc(NC(=O)c2cccc(O)c2O)cn1. The van der Waals surface area contributed by atoms with Gasteiger partial charge in [-0.05, 0) is 12.1 Å². The maximum atomic E-state index is 11.9. The van der Waals surface area contributed by atoms with E-state index in [1.54, 1.807) is 0 Å². The minimum Gasteiger partial charge on any atom is -0.504 e. The van der Waals surface area contributed by atoms with Crippen molar-refractivity contribution in [3.63, 3.8) is 0 Å².